The lowest BCUT2D eigenvalue weighted by atomic mass is 10.2. The van der Waals surface area contributed by atoms with Gasteiger partial charge in [0, 0.05) is 37.7 Å². The van der Waals surface area contributed by atoms with Crippen molar-refractivity contribution in [1.29, 1.82) is 0 Å². The van der Waals surface area contributed by atoms with Gasteiger partial charge in [-0.2, -0.15) is 0 Å². The van der Waals surface area contributed by atoms with Gasteiger partial charge in [0.25, 0.3) is 0 Å². The Morgan fingerprint density at radius 1 is 1.22 bits per heavy atom. The molecular weight excluding hydrogens is 388 g/mol. The molecule has 1 N–H and O–H groups in total. The van der Waals surface area contributed by atoms with Gasteiger partial charge in [-0.05, 0) is 51.2 Å². The van der Waals surface area contributed by atoms with Crippen LogP contribution in [0.25, 0.3) is 0 Å². The first kappa shape index (κ1) is 21.9. The Bertz CT molecular complexity index is 719. The molecule has 1 aromatic rings. The number of hydrogen-bond donors (Lipinski definition) is 1. The summed E-state index contributed by atoms with van der Waals surface area (Å²) >= 11 is 5.88. The third kappa shape index (κ3) is 6.64. The van der Waals surface area contributed by atoms with E-state index in [0.29, 0.717) is 17.3 Å². The largest absolute Gasteiger partial charge is 0.354 e. The smallest absolute Gasteiger partial charge is 0.243 e. The van der Waals surface area contributed by atoms with Gasteiger partial charge in [-0.15, -0.1) is 0 Å². The highest BCUT2D eigenvalue weighted by atomic mass is 35.5. The molecule has 0 spiro atoms. The summed E-state index contributed by atoms with van der Waals surface area (Å²) in [4.78, 5) is 17.2. The number of nitrogens with zero attached hydrogens (tertiary/aromatic N) is 3. The second-order valence-corrected chi connectivity index (χ2v) is 9.30. The van der Waals surface area contributed by atoms with E-state index < -0.39 is 16.1 Å². The van der Waals surface area contributed by atoms with Crippen molar-refractivity contribution >= 4 is 33.2 Å². The van der Waals surface area contributed by atoms with Crippen molar-refractivity contribution in [2.45, 2.75) is 19.4 Å². The van der Waals surface area contributed by atoms with Crippen LogP contribution in [0.1, 0.15) is 13.3 Å². The average Bonchev–Trinajstić information content (AvgIpc) is 2.60. The normalized spacial score (nSPS) is 17.5. The first-order chi connectivity index (χ1) is 12.7. The number of nitrogens with one attached hydrogen (secondary N) is 1. The van der Waals surface area contributed by atoms with Crippen molar-refractivity contribution in [1.82, 2.24) is 15.1 Å². The van der Waals surface area contributed by atoms with Crippen molar-refractivity contribution in [2.24, 2.45) is 0 Å². The van der Waals surface area contributed by atoms with Gasteiger partial charge >= 0.3 is 0 Å². The van der Waals surface area contributed by atoms with Crippen LogP contribution in [0, 0.1) is 0 Å². The van der Waals surface area contributed by atoms with Gasteiger partial charge in [0.15, 0.2) is 0 Å². The second kappa shape index (κ2) is 9.73. The van der Waals surface area contributed by atoms with Crippen LogP contribution in [0.3, 0.4) is 0 Å². The molecule has 0 unspecified atom stereocenters. The third-order valence-electron chi connectivity index (χ3n) is 4.72. The number of rotatable bonds is 8. The fourth-order valence-corrected chi connectivity index (χ4v) is 4.43. The Balaban J connectivity index is 1.88. The molecular formula is C18H29ClN4O3S. The predicted molar refractivity (Wildman–Crippen MR) is 110 cm³/mol. The van der Waals surface area contributed by atoms with Gasteiger partial charge in [-0.25, -0.2) is 8.42 Å². The topological polar surface area (TPSA) is 73.0 Å². The average molecular weight is 417 g/mol. The molecule has 0 aliphatic carbocycles. The first-order valence-corrected chi connectivity index (χ1v) is 11.3. The molecule has 1 atom stereocenters. The van der Waals surface area contributed by atoms with Crippen molar-refractivity contribution in [3.8, 4) is 0 Å². The monoisotopic (exact) mass is 416 g/mol. The van der Waals surface area contributed by atoms with Crippen LogP contribution in [0.5, 0.6) is 0 Å². The molecule has 1 saturated heterocycles. The fraction of sp³-hybridized carbons (Fsp3) is 0.611. The van der Waals surface area contributed by atoms with Gasteiger partial charge in [0.2, 0.25) is 15.9 Å². The van der Waals surface area contributed by atoms with Gasteiger partial charge in [-0.1, -0.05) is 11.6 Å². The maximum Gasteiger partial charge on any atom is 0.243 e. The molecule has 9 heteroatoms. The Hall–Kier alpha value is -1.35. The minimum atomic E-state index is -3.61. The number of anilines is 1. The Labute approximate surface area is 167 Å². The zero-order valence-corrected chi connectivity index (χ0v) is 17.8. The van der Waals surface area contributed by atoms with E-state index in [1.54, 1.807) is 31.2 Å². The molecule has 152 valence electrons. The molecule has 1 aliphatic rings. The quantitative estimate of drug-likeness (QED) is 0.645. The highest BCUT2D eigenvalue weighted by molar-refractivity contribution is 7.92. The van der Waals surface area contributed by atoms with Gasteiger partial charge < -0.3 is 15.1 Å². The lowest BCUT2D eigenvalue weighted by Gasteiger charge is -2.32. The van der Waals surface area contributed by atoms with Crippen molar-refractivity contribution in [2.75, 3.05) is 56.9 Å². The summed E-state index contributed by atoms with van der Waals surface area (Å²) in [6.07, 6.45) is 1.93. The van der Waals surface area contributed by atoms with E-state index in [-0.39, 0.29) is 5.91 Å². The molecule has 0 radical (unpaired) electrons. The minimum Gasteiger partial charge on any atom is -0.354 e. The highest BCUT2D eigenvalue weighted by Crippen LogP contribution is 2.22. The molecule has 0 bridgehead atoms. The molecule has 1 amide bonds. The van der Waals surface area contributed by atoms with Crippen molar-refractivity contribution in [3.05, 3.63) is 29.3 Å². The highest BCUT2D eigenvalue weighted by Gasteiger charge is 2.28. The molecule has 27 heavy (non-hydrogen) atoms. The summed E-state index contributed by atoms with van der Waals surface area (Å²) < 4.78 is 25.6. The molecule has 7 nitrogen and oxygen atoms in total. The van der Waals surface area contributed by atoms with Crippen LogP contribution < -0.4 is 9.62 Å². The zero-order valence-electron chi connectivity index (χ0n) is 16.2. The summed E-state index contributed by atoms with van der Waals surface area (Å²) in [5.74, 6) is -0.311. The number of benzene rings is 1. The van der Waals surface area contributed by atoms with E-state index in [4.69, 9.17) is 11.6 Å². The number of piperazine rings is 1. The van der Waals surface area contributed by atoms with E-state index in [9.17, 15) is 13.2 Å². The molecule has 0 saturated carbocycles. The van der Waals surface area contributed by atoms with Crippen LogP contribution in [0.2, 0.25) is 5.02 Å². The summed E-state index contributed by atoms with van der Waals surface area (Å²) in [6.45, 7) is 7.24. The van der Waals surface area contributed by atoms with Crippen LogP contribution in [-0.2, 0) is 14.8 Å². The third-order valence-corrected chi connectivity index (χ3v) is 6.21. The number of sulfonamides is 1. The Morgan fingerprint density at radius 3 is 2.37 bits per heavy atom. The maximum atomic E-state index is 12.5. The van der Waals surface area contributed by atoms with Crippen LogP contribution in [0.4, 0.5) is 5.69 Å². The first-order valence-electron chi connectivity index (χ1n) is 9.12. The van der Waals surface area contributed by atoms with Gasteiger partial charge in [-0.3, -0.25) is 9.10 Å². The van der Waals surface area contributed by atoms with E-state index >= 15 is 0 Å². The van der Waals surface area contributed by atoms with Gasteiger partial charge in [0.05, 0.1) is 11.9 Å². The van der Waals surface area contributed by atoms with E-state index in [1.807, 2.05) is 0 Å². The predicted octanol–water partition coefficient (Wildman–Crippen LogP) is 1.25. The van der Waals surface area contributed by atoms with Crippen LogP contribution in [0.15, 0.2) is 24.3 Å². The SMILES string of the molecule is C[C@H](C(=O)NCCCN1CCN(C)CC1)N(c1ccc(Cl)cc1)S(C)(=O)=O. The molecule has 1 fully saturated rings. The molecule has 1 heterocycles. The summed E-state index contributed by atoms with van der Waals surface area (Å²) in [5, 5.41) is 3.36. The fourth-order valence-electron chi connectivity index (χ4n) is 3.13. The second-order valence-electron chi connectivity index (χ2n) is 7.00. The van der Waals surface area contributed by atoms with Crippen molar-refractivity contribution < 1.29 is 13.2 Å². The Morgan fingerprint density at radius 2 is 1.81 bits per heavy atom. The molecule has 0 aromatic heterocycles. The van der Waals surface area contributed by atoms with Gasteiger partial charge in [0.1, 0.15) is 6.04 Å². The number of halogens is 1. The van der Waals surface area contributed by atoms with Crippen LogP contribution >= 0.6 is 11.6 Å². The molecule has 2 rings (SSSR count). The van der Waals surface area contributed by atoms with Crippen LogP contribution in [-0.4, -0.2) is 82.7 Å². The number of hydrogen-bond acceptors (Lipinski definition) is 5. The van der Waals surface area contributed by atoms with E-state index in [1.165, 1.54) is 0 Å². The number of amides is 1. The minimum absolute atomic E-state index is 0.311. The number of carbonyl (C=O) groups is 1. The lowest BCUT2D eigenvalue weighted by molar-refractivity contribution is -0.121. The summed E-state index contributed by atoms with van der Waals surface area (Å²) in [5.41, 5.74) is 0.419. The zero-order chi connectivity index (χ0) is 20.0. The van der Waals surface area contributed by atoms with E-state index in [2.05, 4.69) is 22.2 Å². The standard InChI is InChI=1S/C18H29ClN4O3S/c1-15(23(27(3,25)26)17-7-5-16(19)6-8-17)18(24)20-9-4-10-22-13-11-21(2)12-14-22/h5-8,15H,4,9-14H2,1-3H3,(H,20,24)/t15-/m1/s1. The molecule has 1 aromatic carbocycles. The summed E-state index contributed by atoms with van der Waals surface area (Å²) in [6, 6.07) is 5.57. The Kier molecular flexibility index (Phi) is 7.91. The summed E-state index contributed by atoms with van der Waals surface area (Å²) in [7, 11) is -1.49. The lowest BCUT2D eigenvalue weighted by Crippen LogP contribution is -2.48. The van der Waals surface area contributed by atoms with E-state index in [0.717, 1.165) is 49.7 Å². The van der Waals surface area contributed by atoms with Crippen molar-refractivity contribution in [3.63, 3.8) is 0 Å². The number of likely N-dealkylation sites (N-methyl/N-ethyl adjacent to an activating group) is 1. The number of carbonyl (C=O) groups excluding carboxylic acids is 1. The maximum absolute atomic E-state index is 12.5. The molecule has 1 aliphatic heterocycles.